The summed E-state index contributed by atoms with van der Waals surface area (Å²) in [5, 5.41) is 2.69. The molecule has 3 rings (SSSR count). The molecule has 1 amide bonds. The number of ether oxygens (including phenoxy) is 4. The molecule has 0 saturated carbocycles. The molecule has 1 aliphatic heterocycles. The minimum atomic E-state index is -0.419. The second-order valence-electron chi connectivity index (χ2n) is 6.31. The molecule has 0 spiro atoms. The van der Waals surface area contributed by atoms with Gasteiger partial charge in [0.2, 0.25) is 0 Å². The highest BCUT2D eigenvalue weighted by molar-refractivity contribution is 5.80. The molecule has 28 heavy (non-hydrogen) atoms. The molecule has 0 fully saturated rings. The Balaban J connectivity index is 1.32. The van der Waals surface area contributed by atoms with Gasteiger partial charge in [-0.15, -0.1) is 0 Å². The molecule has 1 N–H and O–H groups in total. The Kier molecular flexibility index (Phi) is 6.73. The van der Waals surface area contributed by atoms with E-state index >= 15 is 0 Å². The monoisotopic (exact) mass is 385 g/mol. The van der Waals surface area contributed by atoms with Gasteiger partial charge in [-0.05, 0) is 36.2 Å². The van der Waals surface area contributed by atoms with Crippen molar-refractivity contribution < 1.29 is 28.5 Å². The molecule has 7 heteroatoms. The number of carbonyl (C=O) groups excluding carboxylic acids is 2. The smallest absolute Gasteiger partial charge is 0.306 e. The molecule has 0 radical (unpaired) electrons. The van der Waals surface area contributed by atoms with Gasteiger partial charge in [-0.1, -0.05) is 24.3 Å². The predicted molar refractivity (Wildman–Crippen MR) is 102 cm³/mol. The van der Waals surface area contributed by atoms with Gasteiger partial charge in [0, 0.05) is 6.42 Å². The number of rotatable bonds is 8. The summed E-state index contributed by atoms with van der Waals surface area (Å²) in [5.41, 5.74) is 0.997. The van der Waals surface area contributed by atoms with Crippen molar-refractivity contribution >= 4 is 11.9 Å². The van der Waals surface area contributed by atoms with E-state index in [-0.39, 0.29) is 31.6 Å². The topological polar surface area (TPSA) is 83.1 Å². The quantitative estimate of drug-likeness (QED) is 0.701. The molecule has 7 nitrogen and oxygen atoms in total. The molecule has 1 heterocycles. The van der Waals surface area contributed by atoms with E-state index in [0.717, 1.165) is 11.3 Å². The molecule has 2 aromatic carbocycles. The van der Waals surface area contributed by atoms with Crippen molar-refractivity contribution in [1.82, 2.24) is 5.32 Å². The number of hydrogen-bond acceptors (Lipinski definition) is 6. The Bertz CT molecular complexity index is 805. The minimum absolute atomic E-state index is 0.204. The normalized spacial score (nSPS) is 14.8. The fourth-order valence-corrected chi connectivity index (χ4v) is 2.70. The van der Waals surface area contributed by atoms with Gasteiger partial charge in [-0.25, -0.2) is 0 Å². The van der Waals surface area contributed by atoms with E-state index in [4.69, 9.17) is 18.9 Å². The summed E-state index contributed by atoms with van der Waals surface area (Å²) in [6.07, 6.45) is 0.456. The summed E-state index contributed by atoms with van der Waals surface area (Å²) in [7, 11) is 1.60. The van der Waals surface area contributed by atoms with Crippen molar-refractivity contribution in [2.45, 2.75) is 18.9 Å². The number of fused-ring (bicyclic) bond motifs is 1. The molecule has 0 bridgehead atoms. The first-order valence-electron chi connectivity index (χ1n) is 9.08. The van der Waals surface area contributed by atoms with Gasteiger partial charge in [0.15, 0.2) is 18.1 Å². The van der Waals surface area contributed by atoms with Gasteiger partial charge < -0.3 is 24.3 Å². The maximum Gasteiger partial charge on any atom is 0.306 e. The molecular formula is C21H23NO6. The number of benzene rings is 2. The first kappa shape index (κ1) is 19.5. The van der Waals surface area contributed by atoms with Crippen LogP contribution in [0.2, 0.25) is 0 Å². The Hall–Kier alpha value is -3.22. The molecule has 0 unspecified atom stereocenters. The first-order chi connectivity index (χ1) is 13.6. The third kappa shape index (κ3) is 5.64. The largest absolute Gasteiger partial charge is 0.497 e. The summed E-state index contributed by atoms with van der Waals surface area (Å²) >= 11 is 0. The molecule has 2 aromatic rings. The molecular weight excluding hydrogens is 362 g/mol. The van der Waals surface area contributed by atoms with Crippen molar-refractivity contribution in [2.75, 3.05) is 26.9 Å². The van der Waals surface area contributed by atoms with Crippen LogP contribution in [0.3, 0.4) is 0 Å². The highest BCUT2D eigenvalue weighted by Gasteiger charge is 2.21. The van der Waals surface area contributed by atoms with Gasteiger partial charge in [0.1, 0.15) is 18.5 Å². The molecule has 0 saturated heterocycles. The van der Waals surface area contributed by atoms with Crippen molar-refractivity contribution in [1.29, 1.82) is 0 Å². The summed E-state index contributed by atoms with van der Waals surface area (Å²) in [4.78, 5) is 23.7. The lowest BCUT2D eigenvalue weighted by molar-refractivity contribution is -0.148. The van der Waals surface area contributed by atoms with Crippen molar-refractivity contribution in [3.05, 3.63) is 54.1 Å². The Morgan fingerprint density at radius 1 is 1.11 bits per heavy atom. The Morgan fingerprint density at radius 3 is 2.61 bits per heavy atom. The van der Waals surface area contributed by atoms with Crippen LogP contribution >= 0.6 is 0 Å². The second kappa shape index (κ2) is 9.64. The van der Waals surface area contributed by atoms with Crippen LogP contribution in [-0.4, -0.2) is 44.8 Å². The zero-order chi connectivity index (χ0) is 19.8. The lowest BCUT2D eigenvalue weighted by Crippen LogP contribution is -2.42. The highest BCUT2D eigenvalue weighted by Crippen LogP contribution is 2.30. The standard InChI is InChI=1S/C21H23NO6/c1-25-16-9-6-15(7-10-16)8-11-21(24)27-14-20(23)22-12-17-13-26-18-4-2-3-5-19(18)28-17/h2-7,9-10,17H,8,11-14H2,1H3,(H,22,23)/t17-/m1/s1. The van der Waals surface area contributed by atoms with E-state index in [0.29, 0.717) is 24.5 Å². The average Bonchev–Trinajstić information content (AvgIpc) is 2.75. The summed E-state index contributed by atoms with van der Waals surface area (Å²) in [5.74, 6) is 1.31. The van der Waals surface area contributed by atoms with Gasteiger partial charge in [-0.2, -0.15) is 0 Å². The van der Waals surface area contributed by atoms with Crippen LogP contribution in [0.15, 0.2) is 48.5 Å². The maximum atomic E-state index is 11.9. The number of amides is 1. The average molecular weight is 385 g/mol. The molecule has 0 aromatic heterocycles. The van der Waals surface area contributed by atoms with E-state index in [1.165, 1.54) is 0 Å². The van der Waals surface area contributed by atoms with Crippen LogP contribution in [-0.2, 0) is 20.7 Å². The third-order valence-electron chi connectivity index (χ3n) is 4.24. The molecule has 148 valence electrons. The number of carbonyl (C=O) groups is 2. The van der Waals surface area contributed by atoms with E-state index in [1.807, 2.05) is 48.5 Å². The summed E-state index contributed by atoms with van der Waals surface area (Å²) in [6.45, 7) is 0.307. The number of nitrogens with one attached hydrogen (secondary N) is 1. The maximum absolute atomic E-state index is 11.9. The summed E-state index contributed by atoms with van der Waals surface area (Å²) in [6, 6.07) is 14.8. The fraction of sp³-hybridized carbons (Fsp3) is 0.333. The Morgan fingerprint density at radius 2 is 1.86 bits per heavy atom. The van der Waals surface area contributed by atoms with Crippen molar-refractivity contribution in [3.8, 4) is 17.2 Å². The first-order valence-corrected chi connectivity index (χ1v) is 9.08. The minimum Gasteiger partial charge on any atom is -0.497 e. The molecule has 1 atom stereocenters. The highest BCUT2D eigenvalue weighted by atomic mass is 16.6. The van der Waals surface area contributed by atoms with E-state index in [9.17, 15) is 9.59 Å². The fourth-order valence-electron chi connectivity index (χ4n) is 2.70. The van der Waals surface area contributed by atoms with Crippen LogP contribution < -0.4 is 19.5 Å². The van der Waals surface area contributed by atoms with Crippen LogP contribution in [0.5, 0.6) is 17.2 Å². The number of aryl methyl sites for hydroxylation is 1. The molecule has 0 aliphatic carbocycles. The van der Waals surface area contributed by atoms with Gasteiger partial charge in [0.25, 0.3) is 5.91 Å². The van der Waals surface area contributed by atoms with Crippen molar-refractivity contribution in [3.63, 3.8) is 0 Å². The second-order valence-corrected chi connectivity index (χ2v) is 6.31. The lowest BCUT2D eigenvalue weighted by atomic mass is 10.1. The van der Waals surface area contributed by atoms with Crippen LogP contribution in [0.4, 0.5) is 0 Å². The van der Waals surface area contributed by atoms with Gasteiger partial charge >= 0.3 is 5.97 Å². The van der Waals surface area contributed by atoms with Crippen molar-refractivity contribution in [2.24, 2.45) is 0 Å². The zero-order valence-electron chi connectivity index (χ0n) is 15.7. The van der Waals surface area contributed by atoms with Gasteiger partial charge in [0.05, 0.1) is 13.7 Å². The number of para-hydroxylation sites is 2. The zero-order valence-corrected chi connectivity index (χ0v) is 15.7. The Labute approximate surface area is 163 Å². The number of hydrogen-bond donors (Lipinski definition) is 1. The van der Waals surface area contributed by atoms with Crippen LogP contribution in [0.25, 0.3) is 0 Å². The van der Waals surface area contributed by atoms with Crippen LogP contribution in [0, 0.1) is 0 Å². The number of methoxy groups -OCH3 is 1. The van der Waals surface area contributed by atoms with E-state index in [1.54, 1.807) is 7.11 Å². The number of esters is 1. The lowest BCUT2D eigenvalue weighted by Gasteiger charge is -2.26. The third-order valence-corrected chi connectivity index (χ3v) is 4.24. The molecule has 1 aliphatic rings. The predicted octanol–water partition coefficient (Wildman–Crippen LogP) is 2.13. The van der Waals surface area contributed by atoms with Gasteiger partial charge in [-0.3, -0.25) is 9.59 Å². The summed E-state index contributed by atoms with van der Waals surface area (Å²) < 4.78 is 21.5. The van der Waals surface area contributed by atoms with Crippen LogP contribution in [0.1, 0.15) is 12.0 Å². The SMILES string of the molecule is COc1ccc(CCC(=O)OCC(=O)NC[C@@H]2COc3ccccc3O2)cc1. The van der Waals surface area contributed by atoms with E-state index in [2.05, 4.69) is 5.32 Å². The van der Waals surface area contributed by atoms with E-state index < -0.39 is 5.97 Å².